The molecule has 1 nitrogen and oxygen atoms in total. The van der Waals surface area contributed by atoms with E-state index in [9.17, 15) is 13.2 Å². The van der Waals surface area contributed by atoms with Crippen molar-refractivity contribution in [3.63, 3.8) is 0 Å². The van der Waals surface area contributed by atoms with Crippen molar-refractivity contribution in [2.24, 2.45) is 0 Å². The van der Waals surface area contributed by atoms with Gasteiger partial charge in [-0.05, 0) is 23.3 Å². The summed E-state index contributed by atoms with van der Waals surface area (Å²) in [5.41, 5.74) is 1.02. The summed E-state index contributed by atoms with van der Waals surface area (Å²) in [7, 11) is 0. The molecule has 0 bridgehead atoms. The second kappa shape index (κ2) is 6.41. The van der Waals surface area contributed by atoms with Crippen LogP contribution in [0.15, 0.2) is 59.1 Å². The van der Waals surface area contributed by atoms with Gasteiger partial charge in [-0.2, -0.15) is 13.2 Å². The van der Waals surface area contributed by atoms with E-state index in [0.29, 0.717) is 0 Å². The van der Waals surface area contributed by atoms with Gasteiger partial charge in [0.1, 0.15) is 6.04 Å². The highest BCUT2D eigenvalue weighted by Crippen LogP contribution is 2.32. The molecule has 0 fully saturated rings. The zero-order chi connectivity index (χ0) is 14.6. The molecule has 5 heteroatoms. The van der Waals surface area contributed by atoms with Crippen LogP contribution in [0.25, 0.3) is 0 Å². The molecule has 2 rings (SSSR count). The number of benzene rings is 2. The average molecular weight is 344 g/mol. The SMILES string of the molecule is FC(F)(F)C(NCc1ccc(Br)cc1)c1ccccc1. The molecule has 0 heterocycles. The Morgan fingerprint density at radius 1 is 0.950 bits per heavy atom. The lowest BCUT2D eigenvalue weighted by atomic mass is 10.1. The van der Waals surface area contributed by atoms with Crippen LogP contribution in [0.5, 0.6) is 0 Å². The van der Waals surface area contributed by atoms with Gasteiger partial charge in [-0.3, -0.25) is 5.32 Å². The van der Waals surface area contributed by atoms with Crippen LogP contribution in [0.4, 0.5) is 13.2 Å². The molecule has 0 amide bonds. The fourth-order valence-electron chi connectivity index (χ4n) is 1.89. The number of rotatable bonds is 4. The number of nitrogens with one attached hydrogen (secondary N) is 1. The second-order valence-corrected chi connectivity index (χ2v) is 5.31. The lowest BCUT2D eigenvalue weighted by molar-refractivity contribution is -0.158. The molecule has 1 N–H and O–H groups in total. The first kappa shape index (κ1) is 15.1. The third-order valence-electron chi connectivity index (χ3n) is 2.88. The van der Waals surface area contributed by atoms with E-state index in [1.165, 1.54) is 12.1 Å². The van der Waals surface area contributed by atoms with E-state index >= 15 is 0 Å². The van der Waals surface area contributed by atoms with Crippen LogP contribution < -0.4 is 5.32 Å². The van der Waals surface area contributed by atoms with Crippen LogP contribution in [0.1, 0.15) is 17.2 Å². The fraction of sp³-hybridized carbons (Fsp3) is 0.200. The van der Waals surface area contributed by atoms with Crippen molar-refractivity contribution < 1.29 is 13.2 Å². The van der Waals surface area contributed by atoms with Gasteiger partial charge in [0.05, 0.1) is 0 Å². The summed E-state index contributed by atoms with van der Waals surface area (Å²) in [6.45, 7) is 0.159. The Kier molecular flexibility index (Phi) is 4.83. The van der Waals surface area contributed by atoms with E-state index in [1.54, 1.807) is 30.3 Å². The zero-order valence-corrected chi connectivity index (χ0v) is 12.1. The van der Waals surface area contributed by atoms with Crippen molar-refractivity contribution in [1.29, 1.82) is 0 Å². The number of hydrogen-bond donors (Lipinski definition) is 1. The molecule has 0 spiro atoms. The van der Waals surface area contributed by atoms with Crippen molar-refractivity contribution in [1.82, 2.24) is 5.32 Å². The zero-order valence-electron chi connectivity index (χ0n) is 10.5. The minimum absolute atomic E-state index is 0.159. The summed E-state index contributed by atoms with van der Waals surface area (Å²) in [5, 5.41) is 2.57. The molecule has 0 aliphatic carbocycles. The van der Waals surface area contributed by atoms with Gasteiger partial charge in [-0.25, -0.2) is 0 Å². The van der Waals surface area contributed by atoms with Crippen molar-refractivity contribution >= 4 is 15.9 Å². The van der Waals surface area contributed by atoms with Crippen LogP contribution in [0.3, 0.4) is 0 Å². The van der Waals surface area contributed by atoms with Crippen LogP contribution in [0.2, 0.25) is 0 Å². The predicted octanol–water partition coefficient (Wildman–Crippen LogP) is 4.84. The number of hydrogen-bond acceptors (Lipinski definition) is 1. The van der Waals surface area contributed by atoms with Gasteiger partial charge in [-0.15, -0.1) is 0 Å². The van der Waals surface area contributed by atoms with E-state index in [1.807, 2.05) is 12.1 Å². The predicted molar refractivity (Wildman–Crippen MR) is 76.2 cm³/mol. The monoisotopic (exact) mass is 343 g/mol. The molecular weight excluding hydrogens is 331 g/mol. The molecule has 0 aliphatic rings. The summed E-state index contributed by atoms with van der Waals surface area (Å²) in [6, 6.07) is 13.4. The van der Waals surface area contributed by atoms with Gasteiger partial charge in [0.25, 0.3) is 0 Å². The molecule has 0 saturated carbocycles. The quantitative estimate of drug-likeness (QED) is 0.837. The lowest BCUT2D eigenvalue weighted by Gasteiger charge is -2.22. The van der Waals surface area contributed by atoms with E-state index in [4.69, 9.17) is 0 Å². The third kappa shape index (κ3) is 4.08. The summed E-state index contributed by atoms with van der Waals surface area (Å²) >= 11 is 3.29. The first-order chi connectivity index (χ1) is 9.47. The van der Waals surface area contributed by atoms with E-state index in [0.717, 1.165) is 10.0 Å². The smallest absolute Gasteiger partial charge is 0.298 e. The maximum atomic E-state index is 13.1. The Balaban J connectivity index is 2.11. The topological polar surface area (TPSA) is 12.0 Å². The molecule has 0 aromatic heterocycles. The third-order valence-corrected chi connectivity index (χ3v) is 3.41. The molecular formula is C15H13BrF3N. The first-order valence-electron chi connectivity index (χ1n) is 6.06. The Hall–Kier alpha value is -1.33. The molecule has 1 atom stereocenters. The molecule has 2 aromatic rings. The Morgan fingerprint density at radius 3 is 2.10 bits per heavy atom. The molecule has 106 valence electrons. The lowest BCUT2D eigenvalue weighted by Crippen LogP contribution is -2.33. The molecule has 0 radical (unpaired) electrons. The normalized spacial score (nSPS) is 13.2. The maximum Gasteiger partial charge on any atom is 0.407 e. The Labute approximate surface area is 123 Å². The largest absolute Gasteiger partial charge is 0.407 e. The molecule has 1 unspecified atom stereocenters. The van der Waals surface area contributed by atoms with E-state index in [-0.39, 0.29) is 12.1 Å². The van der Waals surface area contributed by atoms with Crippen LogP contribution >= 0.6 is 15.9 Å². The Bertz CT molecular complexity index is 537. The van der Waals surface area contributed by atoms with Gasteiger partial charge in [0.15, 0.2) is 0 Å². The van der Waals surface area contributed by atoms with Gasteiger partial charge < -0.3 is 0 Å². The van der Waals surface area contributed by atoms with E-state index < -0.39 is 12.2 Å². The summed E-state index contributed by atoms with van der Waals surface area (Å²) in [6.07, 6.45) is -4.32. The molecule has 0 saturated heterocycles. The van der Waals surface area contributed by atoms with Crippen LogP contribution in [0, 0.1) is 0 Å². The summed E-state index contributed by atoms with van der Waals surface area (Å²) in [5.74, 6) is 0. The van der Waals surface area contributed by atoms with Crippen molar-refractivity contribution in [2.75, 3.05) is 0 Å². The van der Waals surface area contributed by atoms with Gasteiger partial charge in [0.2, 0.25) is 0 Å². The van der Waals surface area contributed by atoms with Crippen molar-refractivity contribution in [3.8, 4) is 0 Å². The first-order valence-corrected chi connectivity index (χ1v) is 6.85. The van der Waals surface area contributed by atoms with Gasteiger partial charge in [-0.1, -0.05) is 58.4 Å². The van der Waals surface area contributed by atoms with E-state index in [2.05, 4.69) is 21.2 Å². The van der Waals surface area contributed by atoms with Crippen molar-refractivity contribution in [2.45, 2.75) is 18.8 Å². The van der Waals surface area contributed by atoms with Crippen LogP contribution in [-0.2, 0) is 6.54 Å². The van der Waals surface area contributed by atoms with Gasteiger partial charge in [0, 0.05) is 11.0 Å². The summed E-state index contributed by atoms with van der Waals surface area (Å²) in [4.78, 5) is 0. The summed E-state index contributed by atoms with van der Waals surface area (Å²) < 4.78 is 40.2. The number of alkyl halides is 3. The van der Waals surface area contributed by atoms with Crippen molar-refractivity contribution in [3.05, 3.63) is 70.2 Å². The molecule has 0 aliphatic heterocycles. The average Bonchev–Trinajstić information content (AvgIpc) is 2.41. The van der Waals surface area contributed by atoms with Crippen LogP contribution in [-0.4, -0.2) is 6.18 Å². The highest BCUT2D eigenvalue weighted by Gasteiger charge is 2.40. The standard InChI is InChI=1S/C15H13BrF3N/c16-13-8-6-11(7-9-13)10-20-14(15(17,18)19)12-4-2-1-3-5-12/h1-9,14,20H,10H2. The minimum atomic E-state index is -4.32. The Morgan fingerprint density at radius 2 is 1.55 bits per heavy atom. The maximum absolute atomic E-state index is 13.1. The fourth-order valence-corrected chi connectivity index (χ4v) is 2.15. The van der Waals surface area contributed by atoms with Gasteiger partial charge >= 0.3 is 6.18 Å². The molecule has 20 heavy (non-hydrogen) atoms. The molecule has 2 aromatic carbocycles. The minimum Gasteiger partial charge on any atom is -0.298 e. The highest BCUT2D eigenvalue weighted by molar-refractivity contribution is 9.10. The highest BCUT2D eigenvalue weighted by atomic mass is 79.9. The number of halogens is 4. The second-order valence-electron chi connectivity index (χ2n) is 4.39.